The lowest BCUT2D eigenvalue weighted by Gasteiger charge is -2.74. The van der Waals surface area contributed by atoms with Gasteiger partial charge in [-0.25, -0.2) is 4.79 Å². The number of cyclic esters (lactones) is 1. The normalized spacial score (nSPS) is 51.8. The van der Waals surface area contributed by atoms with E-state index in [2.05, 4.69) is 20.8 Å². The molecule has 4 aliphatic carbocycles. The quantitative estimate of drug-likeness (QED) is 0.379. The van der Waals surface area contributed by atoms with E-state index in [-0.39, 0.29) is 24.9 Å². The van der Waals surface area contributed by atoms with Gasteiger partial charge in [0, 0.05) is 16.9 Å². The zero-order chi connectivity index (χ0) is 27.2. The van der Waals surface area contributed by atoms with Gasteiger partial charge in [-0.1, -0.05) is 38.5 Å². The van der Waals surface area contributed by atoms with E-state index in [0.717, 1.165) is 24.8 Å². The lowest BCUT2D eigenvalue weighted by molar-refractivity contribution is -0.308. The first kappa shape index (κ1) is 26.9. The van der Waals surface area contributed by atoms with Gasteiger partial charge in [0.1, 0.15) is 17.6 Å². The van der Waals surface area contributed by atoms with Crippen molar-refractivity contribution >= 4 is 11.9 Å². The summed E-state index contributed by atoms with van der Waals surface area (Å²) in [7, 11) is 1.40. The van der Waals surface area contributed by atoms with E-state index in [1.165, 1.54) is 13.2 Å². The zero-order valence-electron chi connectivity index (χ0n) is 23.2. The van der Waals surface area contributed by atoms with Crippen molar-refractivity contribution in [3.63, 3.8) is 0 Å². The van der Waals surface area contributed by atoms with Crippen molar-refractivity contribution in [2.45, 2.75) is 97.4 Å². The van der Waals surface area contributed by atoms with Gasteiger partial charge in [0.15, 0.2) is 0 Å². The third kappa shape index (κ3) is 3.05. The van der Waals surface area contributed by atoms with Crippen molar-refractivity contribution in [3.8, 4) is 0 Å². The molecule has 0 amide bonds. The Morgan fingerprint density at radius 3 is 2.51 bits per heavy atom. The standard InChI is InChI=1S/C30H44O7/c1-18-9-10-25(3)11-13-27(5)23-20(32)16-28(19(2)31)17-37-22(33)8-7-21(28)26(23,4)12-14-29(27,24(34)36-6)30(25,35)15-18/h7-8,15,19-21,23,31-32,35H,9-14,16-17H2,1-6H3/t19-,20+,21-,23-,25+,26-,27+,28-,29-,30-/m0/s1. The van der Waals surface area contributed by atoms with Crippen LogP contribution in [0.1, 0.15) is 79.6 Å². The van der Waals surface area contributed by atoms with Crippen molar-refractivity contribution in [1.29, 1.82) is 0 Å². The van der Waals surface area contributed by atoms with Crippen LogP contribution in [0.5, 0.6) is 0 Å². The zero-order valence-corrected chi connectivity index (χ0v) is 23.2. The van der Waals surface area contributed by atoms with Crippen LogP contribution in [0.25, 0.3) is 0 Å². The van der Waals surface area contributed by atoms with Crippen LogP contribution >= 0.6 is 0 Å². The number of fused-ring (bicyclic) bond motifs is 7. The van der Waals surface area contributed by atoms with Crippen LogP contribution in [-0.2, 0) is 19.1 Å². The fraction of sp³-hybridized carbons (Fsp3) is 0.800. The van der Waals surface area contributed by atoms with E-state index in [9.17, 15) is 24.9 Å². The molecule has 0 unspecified atom stereocenters. The molecule has 5 aliphatic rings. The Labute approximate surface area is 220 Å². The number of hydrogen-bond donors (Lipinski definition) is 3. The number of allylic oxidation sites excluding steroid dienone is 2. The average molecular weight is 517 g/mol. The first-order valence-electron chi connectivity index (χ1n) is 13.9. The molecule has 0 bridgehead atoms. The molecule has 0 aromatic heterocycles. The molecule has 10 atom stereocenters. The molecule has 0 radical (unpaired) electrons. The predicted molar refractivity (Wildman–Crippen MR) is 137 cm³/mol. The van der Waals surface area contributed by atoms with Gasteiger partial charge in [-0.2, -0.15) is 0 Å². The van der Waals surface area contributed by atoms with Gasteiger partial charge in [0.05, 0.1) is 19.3 Å². The lowest BCUT2D eigenvalue weighted by Crippen LogP contribution is -2.78. The highest BCUT2D eigenvalue weighted by molar-refractivity contribution is 5.83. The smallest absolute Gasteiger partial charge is 0.330 e. The summed E-state index contributed by atoms with van der Waals surface area (Å²) < 4.78 is 11.0. The average Bonchev–Trinajstić information content (AvgIpc) is 3.00. The van der Waals surface area contributed by atoms with Crippen molar-refractivity contribution in [2.24, 2.45) is 38.9 Å². The Balaban J connectivity index is 1.74. The van der Waals surface area contributed by atoms with Crippen LogP contribution in [0, 0.1) is 38.9 Å². The summed E-state index contributed by atoms with van der Waals surface area (Å²) >= 11 is 0. The molecular weight excluding hydrogens is 472 g/mol. The molecule has 3 fully saturated rings. The largest absolute Gasteiger partial charge is 0.468 e. The van der Waals surface area contributed by atoms with Crippen LogP contribution in [0.15, 0.2) is 23.8 Å². The molecule has 5 rings (SSSR count). The Morgan fingerprint density at radius 2 is 1.86 bits per heavy atom. The monoisotopic (exact) mass is 516 g/mol. The summed E-state index contributed by atoms with van der Waals surface area (Å²) in [5.74, 6) is -1.47. The molecule has 0 spiro atoms. The van der Waals surface area contributed by atoms with Crippen LogP contribution in [0.4, 0.5) is 0 Å². The van der Waals surface area contributed by atoms with Gasteiger partial charge in [-0.3, -0.25) is 4.79 Å². The molecule has 206 valence electrons. The number of esters is 2. The van der Waals surface area contributed by atoms with E-state index in [0.29, 0.717) is 19.3 Å². The van der Waals surface area contributed by atoms with E-state index < -0.39 is 56.8 Å². The van der Waals surface area contributed by atoms with Crippen molar-refractivity contribution in [3.05, 3.63) is 23.8 Å². The number of hydrogen-bond acceptors (Lipinski definition) is 7. The summed E-state index contributed by atoms with van der Waals surface area (Å²) in [6.07, 6.45) is 7.81. The van der Waals surface area contributed by atoms with Crippen molar-refractivity contribution < 1.29 is 34.4 Å². The Kier molecular flexibility index (Phi) is 5.93. The molecule has 3 saturated carbocycles. The molecule has 0 aromatic carbocycles. The second-order valence-corrected chi connectivity index (χ2v) is 13.7. The number of aliphatic hydroxyl groups excluding tert-OH is 2. The molecule has 7 nitrogen and oxygen atoms in total. The van der Waals surface area contributed by atoms with Crippen LogP contribution in [0.3, 0.4) is 0 Å². The fourth-order valence-corrected chi connectivity index (χ4v) is 10.4. The molecule has 3 N–H and O–H groups in total. The maximum Gasteiger partial charge on any atom is 0.330 e. The molecule has 1 aliphatic heterocycles. The maximum absolute atomic E-state index is 14.1. The molecule has 7 heteroatoms. The number of rotatable bonds is 2. The minimum atomic E-state index is -1.42. The number of methoxy groups -OCH3 is 1. The van der Waals surface area contributed by atoms with E-state index in [4.69, 9.17) is 9.47 Å². The molecule has 0 aromatic rings. The summed E-state index contributed by atoms with van der Waals surface area (Å²) in [6.45, 7) is 10.1. The third-order valence-corrected chi connectivity index (χ3v) is 12.3. The van der Waals surface area contributed by atoms with Gasteiger partial charge >= 0.3 is 11.9 Å². The van der Waals surface area contributed by atoms with Crippen molar-refractivity contribution in [2.75, 3.05) is 13.7 Å². The first-order chi connectivity index (χ1) is 17.2. The highest BCUT2D eigenvalue weighted by atomic mass is 16.5. The SMILES string of the molecule is COC(=O)[C@@]12CC[C@@]3(C)[C@@H]4C=CC(=O)OC[C@]4([C@H](C)O)C[C@@H](O)[C@@H]3[C@@]1(C)CC[C@@]1(C)CCC(C)=C[C@]12O. The van der Waals surface area contributed by atoms with E-state index >= 15 is 0 Å². The number of carbonyl (C=O) groups excluding carboxylic acids is 2. The second-order valence-electron chi connectivity index (χ2n) is 13.7. The molecular formula is C30H44O7. The Morgan fingerprint density at radius 1 is 1.16 bits per heavy atom. The summed E-state index contributed by atoms with van der Waals surface area (Å²) in [6, 6.07) is 0. The highest BCUT2D eigenvalue weighted by Crippen LogP contribution is 2.77. The minimum Gasteiger partial charge on any atom is -0.468 e. The van der Waals surface area contributed by atoms with Gasteiger partial charge < -0.3 is 24.8 Å². The van der Waals surface area contributed by atoms with Gasteiger partial charge in [0.2, 0.25) is 0 Å². The minimum absolute atomic E-state index is 0.0311. The maximum atomic E-state index is 14.1. The summed E-state index contributed by atoms with van der Waals surface area (Å²) in [5, 5.41) is 35.9. The Hall–Kier alpha value is -1.70. The van der Waals surface area contributed by atoms with Gasteiger partial charge in [-0.05, 0) is 81.5 Å². The third-order valence-electron chi connectivity index (χ3n) is 12.3. The molecule has 1 heterocycles. The summed E-state index contributed by atoms with van der Waals surface area (Å²) in [5.41, 5.74) is -4.25. The molecule has 0 saturated heterocycles. The molecule has 37 heavy (non-hydrogen) atoms. The highest BCUT2D eigenvalue weighted by Gasteiger charge is 2.80. The van der Waals surface area contributed by atoms with Gasteiger partial charge in [-0.15, -0.1) is 0 Å². The number of carbonyl (C=O) groups is 2. The van der Waals surface area contributed by atoms with Crippen molar-refractivity contribution in [1.82, 2.24) is 0 Å². The topological polar surface area (TPSA) is 113 Å². The van der Waals surface area contributed by atoms with Crippen LogP contribution in [-0.4, -0.2) is 58.8 Å². The number of ether oxygens (including phenoxy) is 2. The fourth-order valence-electron chi connectivity index (χ4n) is 10.4. The first-order valence-corrected chi connectivity index (χ1v) is 13.9. The summed E-state index contributed by atoms with van der Waals surface area (Å²) in [4.78, 5) is 26.4. The van der Waals surface area contributed by atoms with E-state index in [1.807, 2.05) is 19.1 Å². The van der Waals surface area contributed by atoms with Gasteiger partial charge in [0.25, 0.3) is 0 Å². The van der Waals surface area contributed by atoms with Crippen LogP contribution < -0.4 is 0 Å². The predicted octanol–water partition coefficient (Wildman–Crippen LogP) is 3.70. The lowest BCUT2D eigenvalue weighted by atomic mass is 9.30. The second kappa shape index (κ2) is 8.15. The van der Waals surface area contributed by atoms with E-state index in [1.54, 1.807) is 6.92 Å². The Bertz CT molecular complexity index is 1060. The van der Waals surface area contributed by atoms with Crippen LogP contribution in [0.2, 0.25) is 0 Å². The number of aliphatic hydroxyl groups is 3.